The van der Waals surface area contributed by atoms with Crippen LogP contribution in [0.15, 0.2) is 48.9 Å². The van der Waals surface area contributed by atoms with Crippen molar-refractivity contribution in [3.63, 3.8) is 0 Å². The van der Waals surface area contributed by atoms with Crippen LogP contribution in [0.2, 0.25) is 0 Å². The lowest BCUT2D eigenvalue weighted by molar-refractivity contribution is -0.142. The van der Waals surface area contributed by atoms with Gasteiger partial charge in [0.15, 0.2) is 17.4 Å². The van der Waals surface area contributed by atoms with E-state index in [2.05, 4.69) is 10.3 Å². The van der Waals surface area contributed by atoms with Crippen molar-refractivity contribution in [2.24, 2.45) is 5.92 Å². The zero-order valence-electron chi connectivity index (χ0n) is 20.2. The molecule has 0 saturated carbocycles. The van der Waals surface area contributed by atoms with Crippen LogP contribution in [0.25, 0.3) is 0 Å². The third-order valence-corrected chi connectivity index (χ3v) is 6.43. The average Bonchev–Trinajstić information content (AvgIpc) is 3.34. The number of imidazole rings is 1. The van der Waals surface area contributed by atoms with Crippen LogP contribution in [0, 0.1) is 23.4 Å². The highest BCUT2D eigenvalue weighted by molar-refractivity contribution is 5.85. The second-order valence-corrected chi connectivity index (χ2v) is 8.93. The van der Waals surface area contributed by atoms with Crippen molar-refractivity contribution in [3.8, 4) is 5.75 Å². The first-order valence-corrected chi connectivity index (χ1v) is 11.8. The minimum absolute atomic E-state index is 0.0209. The zero-order valence-corrected chi connectivity index (χ0v) is 20.2. The van der Waals surface area contributed by atoms with Crippen LogP contribution in [-0.2, 0) is 22.6 Å². The average molecular weight is 517 g/mol. The SMILES string of the molecule is COc1c(N2CCC(C(=O)NC(Cc3cn(Cc4ccccc4)cn3)C(=O)O)CC2)cc(F)c(F)c1F. The monoisotopic (exact) mass is 516 g/mol. The van der Waals surface area contributed by atoms with Crippen molar-refractivity contribution in [3.05, 3.63) is 77.6 Å². The number of piperidine rings is 1. The maximum absolute atomic E-state index is 14.1. The van der Waals surface area contributed by atoms with Crippen molar-refractivity contribution in [2.75, 3.05) is 25.1 Å². The maximum atomic E-state index is 14.1. The summed E-state index contributed by atoms with van der Waals surface area (Å²) in [6.07, 6.45) is 4.02. The number of carboxylic acid groups (broad SMARTS) is 1. The summed E-state index contributed by atoms with van der Waals surface area (Å²) < 4.78 is 48.3. The summed E-state index contributed by atoms with van der Waals surface area (Å²) in [7, 11) is 1.16. The van der Waals surface area contributed by atoms with Crippen molar-refractivity contribution in [1.29, 1.82) is 0 Å². The number of carboxylic acids is 1. The Hall–Kier alpha value is -4.02. The lowest BCUT2D eigenvalue weighted by Crippen LogP contribution is -2.47. The number of aliphatic carboxylic acids is 1. The van der Waals surface area contributed by atoms with Gasteiger partial charge in [0.1, 0.15) is 6.04 Å². The fraction of sp³-hybridized carbons (Fsp3) is 0.346. The van der Waals surface area contributed by atoms with Crippen molar-refractivity contribution >= 4 is 17.6 Å². The number of hydrogen-bond acceptors (Lipinski definition) is 5. The number of carbonyl (C=O) groups excluding carboxylic acids is 1. The minimum Gasteiger partial charge on any atom is -0.491 e. The highest BCUT2D eigenvalue weighted by Gasteiger charge is 2.31. The Bertz CT molecular complexity index is 1260. The number of anilines is 1. The topological polar surface area (TPSA) is 96.7 Å². The second-order valence-electron chi connectivity index (χ2n) is 8.93. The van der Waals surface area contributed by atoms with Gasteiger partial charge in [0, 0.05) is 44.2 Å². The van der Waals surface area contributed by atoms with Crippen LogP contribution in [-0.4, -0.2) is 52.8 Å². The van der Waals surface area contributed by atoms with Gasteiger partial charge in [-0.05, 0) is 18.4 Å². The standard InChI is InChI=1S/C26H27F3N4O4/c1-37-24-21(12-19(27)22(28)23(24)29)33-9-7-17(8-10-33)25(34)31-20(26(35)36)11-18-14-32(15-30-18)13-16-5-3-2-4-6-16/h2-6,12,14-15,17,20H,7-11,13H2,1H3,(H,31,34)(H,35,36). The maximum Gasteiger partial charge on any atom is 0.326 e. The highest BCUT2D eigenvalue weighted by atomic mass is 19.2. The summed E-state index contributed by atoms with van der Waals surface area (Å²) in [5.74, 6) is -6.84. The van der Waals surface area contributed by atoms with E-state index in [9.17, 15) is 27.9 Å². The Morgan fingerprint density at radius 1 is 1.16 bits per heavy atom. The Morgan fingerprint density at radius 2 is 1.86 bits per heavy atom. The van der Waals surface area contributed by atoms with Gasteiger partial charge in [-0.25, -0.2) is 18.6 Å². The molecule has 1 aliphatic heterocycles. The molecule has 0 spiro atoms. The van der Waals surface area contributed by atoms with E-state index in [-0.39, 0.29) is 25.2 Å². The van der Waals surface area contributed by atoms with Crippen LogP contribution in [0.4, 0.5) is 18.9 Å². The number of nitrogens with zero attached hydrogens (tertiary/aromatic N) is 3. The van der Waals surface area contributed by atoms with E-state index >= 15 is 0 Å². The molecule has 1 saturated heterocycles. The summed E-state index contributed by atoms with van der Waals surface area (Å²) in [6.45, 7) is 1.09. The van der Waals surface area contributed by atoms with Gasteiger partial charge in [-0.1, -0.05) is 30.3 Å². The number of benzene rings is 2. The molecular weight excluding hydrogens is 489 g/mol. The molecular formula is C26H27F3N4O4. The third kappa shape index (κ3) is 6.04. The predicted molar refractivity (Wildman–Crippen MR) is 129 cm³/mol. The summed E-state index contributed by atoms with van der Waals surface area (Å²) in [6, 6.07) is 9.45. The first-order chi connectivity index (χ1) is 17.8. The summed E-state index contributed by atoms with van der Waals surface area (Å²) in [4.78, 5) is 30.6. The van der Waals surface area contributed by atoms with Gasteiger partial charge < -0.3 is 24.6 Å². The normalized spacial score (nSPS) is 14.9. The molecule has 8 nitrogen and oxygen atoms in total. The molecule has 1 amide bonds. The van der Waals surface area contributed by atoms with E-state index in [4.69, 9.17) is 4.74 Å². The van der Waals surface area contributed by atoms with Crippen molar-refractivity contribution in [1.82, 2.24) is 14.9 Å². The van der Waals surface area contributed by atoms with Crippen molar-refractivity contribution < 1.29 is 32.6 Å². The van der Waals surface area contributed by atoms with Gasteiger partial charge in [-0.3, -0.25) is 4.79 Å². The fourth-order valence-electron chi connectivity index (χ4n) is 4.47. The van der Waals surface area contributed by atoms with Gasteiger partial charge in [0.25, 0.3) is 0 Å². The van der Waals surface area contributed by atoms with Crippen LogP contribution < -0.4 is 15.0 Å². The molecule has 11 heteroatoms. The molecule has 0 bridgehead atoms. The Kier molecular flexibility index (Phi) is 8.00. The highest BCUT2D eigenvalue weighted by Crippen LogP contribution is 2.36. The van der Waals surface area contributed by atoms with E-state index in [1.54, 1.807) is 17.4 Å². The quantitative estimate of drug-likeness (QED) is 0.424. The largest absolute Gasteiger partial charge is 0.491 e. The molecule has 0 radical (unpaired) electrons. The van der Waals surface area contributed by atoms with Gasteiger partial charge >= 0.3 is 5.97 Å². The summed E-state index contributed by atoms with van der Waals surface area (Å²) in [5, 5.41) is 12.3. The third-order valence-electron chi connectivity index (χ3n) is 6.43. The molecule has 0 aliphatic carbocycles. The number of carbonyl (C=O) groups is 2. The van der Waals surface area contributed by atoms with E-state index in [0.717, 1.165) is 18.7 Å². The van der Waals surface area contributed by atoms with E-state index < -0.39 is 47.0 Å². The van der Waals surface area contributed by atoms with Crippen LogP contribution in [0.5, 0.6) is 5.75 Å². The van der Waals surface area contributed by atoms with E-state index in [0.29, 0.717) is 25.1 Å². The Labute approximate surface area is 211 Å². The molecule has 1 unspecified atom stereocenters. The molecule has 4 rings (SSSR count). The molecule has 2 N–H and O–H groups in total. The number of halogens is 3. The number of methoxy groups -OCH3 is 1. The number of rotatable bonds is 9. The van der Waals surface area contributed by atoms with Gasteiger partial charge in [0.2, 0.25) is 11.7 Å². The first kappa shape index (κ1) is 26.1. The van der Waals surface area contributed by atoms with Crippen LogP contribution in [0.1, 0.15) is 24.1 Å². The van der Waals surface area contributed by atoms with Gasteiger partial charge in [-0.2, -0.15) is 4.39 Å². The Morgan fingerprint density at radius 3 is 2.51 bits per heavy atom. The van der Waals surface area contributed by atoms with Crippen molar-refractivity contribution in [2.45, 2.75) is 31.8 Å². The number of aromatic nitrogens is 2. The summed E-state index contributed by atoms with van der Waals surface area (Å²) >= 11 is 0. The molecule has 1 aromatic heterocycles. The molecule has 196 valence electrons. The Balaban J connectivity index is 1.35. The molecule has 37 heavy (non-hydrogen) atoms. The molecule has 3 aromatic rings. The minimum atomic E-state index is -1.61. The molecule has 2 heterocycles. The van der Waals surface area contributed by atoms with Gasteiger partial charge in [0.05, 0.1) is 24.8 Å². The molecule has 2 aromatic carbocycles. The summed E-state index contributed by atoms with van der Waals surface area (Å²) in [5.41, 5.74) is 1.67. The first-order valence-electron chi connectivity index (χ1n) is 11.8. The van der Waals surface area contributed by atoms with Crippen LogP contribution >= 0.6 is 0 Å². The lowest BCUT2D eigenvalue weighted by Gasteiger charge is -2.34. The number of ether oxygens (including phenoxy) is 1. The van der Waals surface area contributed by atoms with Gasteiger partial charge in [-0.15, -0.1) is 0 Å². The fourth-order valence-corrected chi connectivity index (χ4v) is 4.47. The molecule has 1 aliphatic rings. The number of hydrogen-bond donors (Lipinski definition) is 2. The molecule has 1 atom stereocenters. The smallest absolute Gasteiger partial charge is 0.326 e. The second kappa shape index (κ2) is 11.4. The predicted octanol–water partition coefficient (Wildman–Crippen LogP) is 3.39. The number of amides is 1. The zero-order chi connectivity index (χ0) is 26.5. The van der Waals surface area contributed by atoms with Crippen LogP contribution in [0.3, 0.4) is 0 Å². The number of nitrogens with one attached hydrogen (secondary N) is 1. The van der Waals surface area contributed by atoms with E-state index in [1.807, 2.05) is 34.9 Å². The lowest BCUT2D eigenvalue weighted by atomic mass is 9.94. The van der Waals surface area contributed by atoms with E-state index in [1.165, 1.54) is 0 Å². The molecule has 1 fully saturated rings.